The summed E-state index contributed by atoms with van der Waals surface area (Å²) < 4.78 is 0. The molecule has 0 spiro atoms. The summed E-state index contributed by atoms with van der Waals surface area (Å²) in [6.45, 7) is 1.98. The monoisotopic (exact) mass is 404 g/mol. The van der Waals surface area contributed by atoms with Crippen LogP contribution in [0.25, 0.3) is 0 Å². The lowest BCUT2D eigenvalue weighted by Crippen LogP contribution is -2.50. The topological polar surface area (TPSA) is 96.7 Å². The van der Waals surface area contributed by atoms with Gasteiger partial charge in [0.1, 0.15) is 18.2 Å². The Morgan fingerprint density at radius 1 is 1.00 bits per heavy atom. The SMILES string of the molecule is N#C/C(=C/NCC(=O)O)C(=O)N1CCN(C(c2ccccc2)c2ccccc2)CC1. The molecule has 154 valence electrons. The van der Waals surface area contributed by atoms with Gasteiger partial charge in [-0.15, -0.1) is 0 Å². The van der Waals surface area contributed by atoms with Crippen LogP contribution in [0.1, 0.15) is 17.2 Å². The maximum absolute atomic E-state index is 12.7. The third kappa shape index (κ3) is 5.25. The highest BCUT2D eigenvalue weighted by Gasteiger charge is 2.29. The lowest BCUT2D eigenvalue weighted by Gasteiger charge is -2.39. The summed E-state index contributed by atoms with van der Waals surface area (Å²) in [4.78, 5) is 27.2. The van der Waals surface area contributed by atoms with Crippen molar-refractivity contribution in [2.24, 2.45) is 0 Å². The van der Waals surface area contributed by atoms with Crippen LogP contribution in [0, 0.1) is 11.3 Å². The number of nitrogens with one attached hydrogen (secondary N) is 1. The largest absolute Gasteiger partial charge is 0.480 e. The maximum atomic E-state index is 12.7. The first-order valence-electron chi connectivity index (χ1n) is 9.79. The zero-order valence-electron chi connectivity index (χ0n) is 16.6. The molecule has 7 heteroatoms. The van der Waals surface area contributed by atoms with Crippen LogP contribution in [-0.2, 0) is 9.59 Å². The fourth-order valence-electron chi connectivity index (χ4n) is 3.62. The minimum atomic E-state index is -1.06. The van der Waals surface area contributed by atoms with E-state index in [-0.39, 0.29) is 24.1 Å². The second kappa shape index (κ2) is 10.2. The van der Waals surface area contributed by atoms with E-state index in [9.17, 15) is 14.9 Å². The Balaban J connectivity index is 1.70. The molecular weight excluding hydrogens is 380 g/mol. The molecule has 7 nitrogen and oxygen atoms in total. The Hall–Kier alpha value is -3.63. The van der Waals surface area contributed by atoms with Crippen LogP contribution in [0.5, 0.6) is 0 Å². The molecule has 0 unspecified atom stereocenters. The van der Waals surface area contributed by atoms with Gasteiger partial charge in [-0.05, 0) is 11.1 Å². The van der Waals surface area contributed by atoms with Gasteiger partial charge in [0, 0.05) is 32.4 Å². The molecule has 0 aliphatic carbocycles. The number of aliphatic carboxylic acids is 1. The molecule has 1 aliphatic rings. The minimum absolute atomic E-state index is 0.0904. The van der Waals surface area contributed by atoms with Gasteiger partial charge in [-0.2, -0.15) is 5.26 Å². The van der Waals surface area contributed by atoms with Crippen LogP contribution < -0.4 is 5.32 Å². The number of nitriles is 1. The summed E-state index contributed by atoms with van der Waals surface area (Å²) in [6.07, 6.45) is 1.18. The number of carbonyl (C=O) groups is 2. The highest BCUT2D eigenvalue weighted by atomic mass is 16.4. The molecule has 2 N–H and O–H groups in total. The van der Waals surface area contributed by atoms with Crippen molar-refractivity contribution in [2.45, 2.75) is 6.04 Å². The van der Waals surface area contributed by atoms with E-state index in [2.05, 4.69) is 34.5 Å². The Labute approximate surface area is 175 Å². The number of carboxylic acids is 1. The molecule has 0 bridgehead atoms. The first-order valence-corrected chi connectivity index (χ1v) is 9.79. The zero-order chi connectivity index (χ0) is 21.3. The Bertz CT molecular complexity index is 890. The van der Waals surface area contributed by atoms with Gasteiger partial charge in [-0.3, -0.25) is 14.5 Å². The minimum Gasteiger partial charge on any atom is -0.480 e. The fraction of sp³-hybridized carbons (Fsp3) is 0.261. The molecule has 1 heterocycles. The van der Waals surface area contributed by atoms with Crippen molar-refractivity contribution in [3.05, 3.63) is 83.6 Å². The molecule has 30 heavy (non-hydrogen) atoms. The van der Waals surface area contributed by atoms with E-state index in [1.165, 1.54) is 17.3 Å². The van der Waals surface area contributed by atoms with Crippen molar-refractivity contribution in [3.8, 4) is 6.07 Å². The fourth-order valence-corrected chi connectivity index (χ4v) is 3.62. The van der Waals surface area contributed by atoms with Gasteiger partial charge in [-0.1, -0.05) is 60.7 Å². The molecule has 2 aromatic carbocycles. The van der Waals surface area contributed by atoms with E-state index in [0.29, 0.717) is 26.2 Å². The third-order valence-corrected chi connectivity index (χ3v) is 5.05. The summed E-state index contributed by atoms with van der Waals surface area (Å²) in [7, 11) is 0. The quantitative estimate of drug-likeness (QED) is 0.541. The van der Waals surface area contributed by atoms with E-state index < -0.39 is 5.97 Å². The van der Waals surface area contributed by atoms with Crippen molar-refractivity contribution in [1.82, 2.24) is 15.1 Å². The van der Waals surface area contributed by atoms with E-state index in [1.54, 1.807) is 4.90 Å². The number of nitrogens with zero attached hydrogens (tertiary/aromatic N) is 3. The van der Waals surface area contributed by atoms with Gasteiger partial charge in [0.15, 0.2) is 0 Å². The van der Waals surface area contributed by atoms with E-state index in [0.717, 1.165) is 0 Å². The van der Waals surface area contributed by atoms with Gasteiger partial charge in [-0.25, -0.2) is 0 Å². The summed E-state index contributed by atoms with van der Waals surface area (Å²) in [5, 5.41) is 20.4. The van der Waals surface area contributed by atoms with Crippen molar-refractivity contribution in [2.75, 3.05) is 32.7 Å². The smallest absolute Gasteiger partial charge is 0.322 e. The second-order valence-electron chi connectivity index (χ2n) is 7.00. The lowest BCUT2D eigenvalue weighted by molar-refractivity contribution is -0.136. The molecule has 1 fully saturated rings. The summed E-state index contributed by atoms with van der Waals surface area (Å²) in [5.41, 5.74) is 2.30. The van der Waals surface area contributed by atoms with Crippen molar-refractivity contribution < 1.29 is 14.7 Å². The van der Waals surface area contributed by atoms with Crippen molar-refractivity contribution in [1.29, 1.82) is 5.26 Å². The number of carbonyl (C=O) groups excluding carboxylic acids is 1. The van der Waals surface area contributed by atoms with Crippen LogP contribution in [0.2, 0.25) is 0 Å². The van der Waals surface area contributed by atoms with E-state index in [1.807, 2.05) is 42.5 Å². The van der Waals surface area contributed by atoms with E-state index >= 15 is 0 Å². The standard InChI is InChI=1S/C23H24N4O3/c24-15-20(16-25-17-21(28)29)23(30)27-13-11-26(12-14-27)22(18-7-3-1-4-8-18)19-9-5-2-6-10-19/h1-10,16,22,25H,11-14,17H2,(H,28,29)/b20-16-. The Kier molecular flexibility index (Phi) is 7.19. The zero-order valence-corrected chi connectivity index (χ0v) is 16.6. The highest BCUT2D eigenvalue weighted by molar-refractivity contribution is 5.97. The van der Waals surface area contributed by atoms with Crippen LogP contribution in [0.4, 0.5) is 0 Å². The first kappa shape index (κ1) is 21.1. The van der Waals surface area contributed by atoms with Gasteiger partial charge in [0.25, 0.3) is 5.91 Å². The van der Waals surface area contributed by atoms with Crippen molar-refractivity contribution >= 4 is 11.9 Å². The predicted octanol–water partition coefficient (Wildman–Crippen LogP) is 2.00. The first-order chi connectivity index (χ1) is 14.6. The van der Waals surface area contributed by atoms with Crippen LogP contribution in [-0.4, -0.2) is 59.5 Å². The normalized spacial score (nSPS) is 14.9. The molecule has 1 aliphatic heterocycles. The van der Waals surface area contributed by atoms with Crippen molar-refractivity contribution in [3.63, 3.8) is 0 Å². The molecule has 0 aromatic heterocycles. The number of hydrogen-bond acceptors (Lipinski definition) is 5. The van der Waals surface area contributed by atoms with Crippen LogP contribution in [0.15, 0.2) is 72.4 Å². The number of carboxylic acid groups (broad SMARTS) is 1. The highest BCUT2D eigenvalue weighted by Crippen LogP contribution is 2.29. The molecule has 0 radical (unpaired) electrons. The van der Waals surface area contributed by atoms with E-state index in [4.69, 9.17) is 5.11 Å². The number of amides is 1. The number of benzene rings is 2. The number of piperazine rings is 1. The summed E-state index contributed by atoms with van der Waals surface area (Å²) >= 11 is 0. The second-order valence-corrected chi connectivity index (χ2v) is 7.00. The lowest BCUT2D eigenvalue weighted by atomic mass is 9.96. The van der Waals surface area contributed by atoms with Gasteiger partial charge in [0.05, 0.1) is 6.04 Å². The molecule has 0 saturated carbocycles. The Morgan fingerprint density at radius 2 is 1.53 bits per heavy atom. The third-order valence-electron chi connectivity index (χ3n) is 5.05. The van der Waals surface area contributed by atoms with Crippen LogP contribution in [0.3, 0.4) is 0 Å². The summed E-state index contributed by atoms with van der Waals surface area (Å²) in [5.74, 6) is -1.44. The van der Waals surface area contributed by atoms with Gasteiger partial charge >= 0.3 is 5.97 Å². The molecular formula is C23H24N4O3. The summed E-state index contributed by atoms with van der Waals surface area (Å²) in [6, 6.07) is 22.5. The number of hydrogen-bond donors (Lipinski definition) is 2. The Morgan fingerprint density at radius 3 is 2.00 bits per heavy atom. The van der Waals surface area contributed by atoms with Gasteiger partial charge < -0.3 is 15.3 Å². The predicted molar refractivity (Wildman–Crippen MR) is 112 cm³/mol. The van der Waals surface area contributed by atoms with Gasteiger partial charge in [0.2, 0.25) is 0 Å². The van der Waals surface area contributed by atoms with Crippen LogP contribution >= 0.6 is 0 Å². The molecule has 3 rings (SSSR count). The molecule has 2 aromatic rings. The molecule has 0 atom stereocenters. The molecule has 1 amide bonds. The average molecular weight is 404 g/mol. The average Bonchev–Trinajstić information content (AvgIpc) is 2.78. The maximum Gasteiger partial charge on any atom is 0.322 e. The number of rotatable bonds is 7. The molecule has 1 saturated heterocycles.